The lowest BCUT2D eigenvalue weighted by Gasteiger charge is -2.04. The standard InChI is InChI=1S/C20H10Cl2N2O2S2/c21-11-1-7-15-17(9-11)27-19(23-15)25-13-3-5-14(6-4-13)26-20-24-16-8-2-12(22)10-18(16)28-20/h1-10H. The lowest BCUT2D eigenvalue weighted by atomic mass is 10.3. The van der Waals surface area contributed by atoms with Crippen molar-refractivity contribution in [2.75, 3.05) is 0 Å². The van der Waals surface area contributed by atoms with Crippen LogP contribution >= 0.6 is 45.9 Å². The smallest absolute Gasteiger partial charge is 0.279 e. The predicted octanol–water partition coefficient (Wildman–Crippen LogP) is 7.80. The normalized spacial score (nSPS) is 11.2. The van der Waals surface area contributed by atoms with Gasteiger partial charge in [0.15, 0.2) is 0 Å². The van der Waals surface area contributed by atoms with Crippen molar-refractivity contribution in [1.82, 2.24) is 9.97 Å². The Labute approximate surface area is 177 Å². The molecule has 0 bridgehead atoms. The Morgan fingerprint density at radius 1 is 0.607 bits per heavy atom. The Bertz CT molecular complexity index is 1200. The van der Waals surface area contributed by atoms with Gasteiger partial charge in [-0.05, 0) is 60.7 Å². The van der Waals surface area contributed by atoms with Crippen molar-refractivity contribution in [3.05, 3.63) is 70.7 Å². The summed E-state index contributed by atoms with van der Waals surface area (Å²) in [7, 11) is 0. The molecule has 0 unspecified atom stereocenters. The molecule has 0 radical (unpaired) electrons. The lowest BCUT2D eigenvalue weighted by Crippen LogP contribution is -1.85. The van der Waals surface area contributed by atoms with Gasteiger partial charge in [0.25, 0.3) is 10.4 Å². The first kappa shape index (κ1) is 17.7. The molecule has 5 rings (SSSR count). The zero-order chi connectivity index (χ0) is 19.1. The molecule has 8 heteroatoms. The summed E-state index contributed by atoms with van der Waals surface area (Å²) in [5.41, 5.74) is 1.72. The van der Waals surface area contributed by atoms with Gasteiger partial charge in [-0.2, -0.15) is 0 Å². The first-order chi connectivity index (χ1) is 13.6. The third kappa shape index (κ3) is 3.64. The zero-order valence-corrected chi connectivity index (χ0v) is 17.2. The van der Waals surface area contributed by atoms with E-state index in [0.29, 0.717) is 31.9 Å². The number of fused-ring (bicyclic) bond motifs is 2. The van der Waals surface area contributed by atoms with Gasteiger partial charge in [-0.1, -0.05) is 45.9 Å². The van der Waals surface area contributed by atoms with Crippen molar-refractivity contribution in [2.45, 2.75) is 0 Å². The number of hydrogen-bond acceptors (Lipinski definition) is 6. The van der Waals surface area contributed by atoms with E-state index in [0.717, 1.165) is 20.4 Å². The van der Waals surface area contributed by atoms with Gasteiger partial charge in [-0.25, -0.2) is 9.97 Å². The largest absolute Gasteiger partial charge is 0.431 e. The van der Waals surface area contributed by atoms with Crippen molar-refractivity contribution >= 4 is 66.3 Å². The van der Waals surface area contributed by atoms with E-state index >= 15 is 0 Å². The van der Waals surface area contributed by atoms with Gasteiger partial charge in [-0.15, -0.1) is 0 Å². The monoisotopic (exact) mass is 444 g/mol. The molecule has 0 saturated carbocycles. The van der Waals surface area contributed by atoms with Crippen LogP contribution in [-0.2, 0) is 0 Å². The summed E-state index contributed by atoms with van der Waals surface area (Å²) in [6, 6.07) is 18.5. The minimum atomic E-state index is 0.564. The van der Waals surface area contributed by atoms with Gasteiger partial charge in [0.05, 0.1) is 20.4 Å². The number of rotatable bonds is 4. The summed E-state index contributed by atoms with van der Waals surface area (Å²) in [6.45, 7) is 0. The van der Waals surface area contributed by atoms with Crippen LogP contribution in [0.4, 0.5) is 0 Å². The number of nitrogens with zero attached hydrogens (tertiary/aromatic N) is 2. The lowest BCUT2D eigenvalue weighted by molar-refractivity contribution is 0.467. The molecule has 5 aromatic rings. The summed E-state index contributed by atoms with van der Waals surface area (Å²) in [4.78, 5) is 8.92. The van der Waals surface area contributed by atoms with E-state index in [2.05, 4.69) is 9.97 Å². The number of aromatic nitrogens is 2. The van der Waals surface area contributed by atoms with Crippen molar-refractivity contribution in [2.24, 2.45) is 0 Å². The summed E-state index contributed by atoms with van der Waals surface area (Å²) in [5.74, 6) is 1.35. The molecule has 0 atom stereocenters. The Kier molecular flexibility index (Phi) is 4.56. The molecule has 0 aliphatic carbocycles. The highest BCUT2D eigenvalue weighted by molar-refractivity contribution is 7.20. The van der Waals surface area contributed by atoms with Crippen LogP contribution in [0.5, 0.6) is 21.9 Å². The third-order valence-electron chi connectivity index (χ3n) is 3.90. The zero-order valence-electron chi connectivity index (χ0n) is 14.1. The fourth-order valence-corrected chi connectivity index (χ4v) is 4.84. The van der Waals surface area contributed by atoms with Gasteiger partial charge in [0, 0.05) is 10.0 Å². The van der Waals surface area contributed by atoms with Crippen LogP contribution in [0.15, 0.2) is 60.7 Å². The topological polar surface area (TPSA) is 44.2 Å². The van der Waals surface area contributed by atoms with Crippen LogP contribution in [-0.4, -0.2) is 9.97 Å². The second-order valence-electron chi connectivity index (χ2n) is 5.86. The predicted molar refractivity (Wildman–Crippen MR) is 116 cm³/mol. The SMILES string of the molecule is Clc1ccc2nc(Oc3ccc(Oc4nc5ccc(Cl)cc5s4)cc3)sc2c1. The Hall–Kier alpha value is -2.38. The number of hydrogen-bond donors (Lipinski definition) is 0. The molecule has 138 valence electrons. The molecule has 28 heavy (non-hydrogen) atoms. The molecule has 0 saturated heterocycles. The summed E-state index contributed by atoms with van der Waals surface area (Å²) >= 11 is 14.9. The van der Waals surface area contributed by atoms with Crippen LogP contribution in [0.2, 0.25) is 10.0 Å². The van der Waals surface area contributed by atoms with E-state index in [4.69, 9.17) is 32.7 Å². The summed E-state index contributed by atoms with van der Waals surface area (Å²) in [6.07, 6.45) is 0. The number of ether oxygens (including phenoxy) is 2. The Morgan fingerprint density at radius 3 is 1.46 bits per heavy atom. The van der Waals surface area contributed by atoms with Crippen molar-refractivity contribution in [1.29, 1.82) is 0 Å². The highest BCUT2D eigenvalue weighted by atomic mass is 35.5. The van der Waals surface area contributed by atoms with Crippen LogP contribution < -0.4 is 9.47 Å². The van der Waals surface area contributed by atoms with E-state index in [9.17, 15) is 0 Å². The molecule has 0 amide bonds. The second-order valence-corrected chi connectivity index (χ2v) is 8.72. The number of benzene rings is 3. The number of thiazole rings is 2. The van der Waals surface area contributed by atoms with E-state index in [-0.39, 0.29) is 0 Å². The average Bonchev–Trinajstić information content (AvgIpc) is 3.25. The molecule has 0 spiro atoms. The molecule has 2 heterocycles. The quantitative estimate of drug-likeness (QED) is 0.283. The fraction of sp³-hybridized carbons (Fsp3) is 0. The minimum absolute atomic E-state index is 0.564. The van der Waals surface area contributed by atoms with Crippen LogP contribution in [0.1, 0.15) is 0 Å². The maximum absolute atomic E-state index is 6.02. The maximum Gasteiger partial charge on any atom is 0.279 e. The fourth-order valence-electron chi connectivity index (χ4n) is 2.62. The van der Waals surface area contributed by atoms with Crippen LogP contribution in [0.25, 0.3) is 20.4 Å². The molecule has 0 N–H and O–H groups in total. The molecular weight excluding hydrogens is 435 g/mol. The molecule has 4 nitrogen and oxygen atoms in total. The summed E-state index contributed by atoms with van der Waals surface area (Å²) < 4.78 is 13.7. The maximum atomic E-state index is 6.02. The highest BCUT2D eigenvalue weighted by Crippen LogP contribution is 2.35. The van der Waals surface area contributed by atoms with E-state index in [1.54, 1.807) is 0 Å². The van der Waals surface area contributed by atoms with Crippen molar-refractivity contribution in [3.8, 4) is 21.9 Å². The summed E-state index contributed by atoms with van der Waals surface area (Å²) in [5, 5.41) is 2.49. The third-order valence-corrected chi connectivity index (χ3v) is 6.16. The molecule has 2 aromatic heterocycles. The van der Waals surface area contributed by atoms with Crippen LogP contribution in [0.3, 0.4) is 0 Å². The Balaban J connectivity index is 1.32. The average molecular weight is 445 g/mol. The Morgan fingerprint density at radius 2 is 1.04 bits per heavy atom. The van der Waals surface area contributed by atoms with Crippen molar-refractivity contribution < 1.29 is 9.47 Å². The first-order valence-electron chi connectivity index (χ1n) is 8.20. The van der Waals surface area contributed by atoms with Crippen LogP contribution in [0, 0.1) is 0 Å². The van der Waals surface area contributed by atoms with Gasteiger partial charge >= 0.3 is 0 Å². The minimum Gasteiger partial charge on any atom is -0.431 e. The molecular formula is C20H10Cl2N2O2S2. The van der Waals surface area contributed by atoms with Gasteiger partial charge < -0.3 is 9.47 Å². The van der Waals surface area contributed by atoms with Gasteiger partial charge in [0.1, 0.15) is 11.5 Å². The molecule has 0 aliphatic heterocycles. The molecule has 0 fully saturated rings. The van der Waals surface area contributed by atoms with Gasteiger partial charge in [0.2, 0.25) is 0 Å². The van der Waals surface area contributed by atoms with E-state index in [1.165, 1.54) is 22.7 Å². The van der Waals surface area contributed by atoms with E-state index in [1.807, 2.05) is 60.7 Å². The van der Waals surface area contributed by atoms with Crippen molar-refractivity contribution in [3.63, 3.8) is 0 Å². The molecule has 3 aromatic carbocycles. The second kappa shape index (κ2) is 7.22. The van der Waals surface area contributed by atoms with E-state index < -0.39 is 0 Å². The highest BCUT2D eigenvalue weighted by Gasteiger charge is 2.09. The van der Waals surface area contributed by atoms with Gasteiger partial charge in [-0.3, -0.25) is 0 Å². The number of halogens is 2. The first-order valence-corrected chi connectivity index (χ1v) is 10.6. The molecule has 0 aliphatic rings.